The molecule has 108 valence electrons. The number of aromatic nitrogens is 3. The van der Waals surface area contributed by atoms with Crippen molar-refractivity contribution in [1.82, 2.24) is 15.2 Å². The molecule has 1 aromatic heterocycles. The zero-order valence-corrected chi connectivity index (χ0v) is 13.7. The minimum absolute atomic E-state index is 0.372. The van der Waals surface area contributed by atoms with Crippen molar-refractivity contribution in [2.75, 3.05) is 17.8 Å². The van der Waals surface area contributed by atoms with Crippen LogP contribution in [0.3, 0.4) is 0 Å². The highest BCUT2D eigenvalue weighted by Gasteiger charge is 2.05. The maximum absolute atomic E-state index is 5.97. The quantitative estimate of drug-likeness (QED) is 0.618. The maximum Gasteiger partial charge on any atom is 0.208 e. The first-order valence-electron chi connectivity index (χ1n) is 6.11. The van der Waals surface area contributed by atoms with Crippen LogP contribution in [0.5, 0.6) is 5.75 Å². The Bertz CT molecular complexity index is 562. The number of nitrogens with zero attached hydrogens (tertiary/aromatic N) is 2. The molecule has 0 saturated heterocycles. The molecule has 0 unspecified atom stereocenters. The van der Waals surface area contributed by atoms with E-state index in [1.807, 2.05) is 36.9 Å². The van der Waals surface area contributed by atoms with E-state index in [2.05, 4.69) is 21.4 Å². The number of hydrogen-bond donors (Lipinski definition) is 1. The molecular weight excluding hydrogens is 314 g/mol. The first-order valence-corrected chi connectivity index (χ1v) is 8.86. The van der Waals surface area contributed by atoms with Crippen molar-refractivity contribution >= 4 is 35.1 Å². The van der Waals surface area contributed by atoms with E-state index in [0.717, 1.165) is 38.8 Å². The third-order valence-electron chi connectivity index (χ3n) is 2.53. The van der Waals surface area contributed by atoms with Crippen LogP contribution in [0, 0.1) is 6.92 Å². The molecule has 0 saturated carbocycles. The molecule has 0 atom stereocenters. The van der Waals surface area contributed by atoms with Gasteiger partial charge in [0.15, 0.2) is 5.82 Å². The molecule has 7 heteroatoms. The predicted octanol–water partition coefficient (Wildman–Crippen LogP) is 3.80. The fraction of sp³-hybridized carbons (Fsp3) is 0.385. The number of hydrogen-bond acceptors (Lipinski definition) is 5. The Morgan fingerprint density at radius 1 is 1.35 bits per heavy atom. The lowest BCUT2D eigenvalue weighted by atomic mass is 10.2. The Kier molecular flexibility index (Phi) is 6.06. The summed E-state index contributed by atoms with van der Waals surface area (Å²) in [6.45, 7) is 2.32. The first kappa shape index (κ1) is 15.5. The van der Waals surface area contributed by atoms with Gasteiger partial charge in [0.2, 0.25) is 5.16 Å². The maximum atomic E-state index is 5.97. The second-order valence-corrected chi connectivity index (χ2v) is 6.56. The number of aromatic amines is 1. The van der Waals surface area contributed by atoms with Crippen molar-refractivity contribution < 1.29 is 4.74 Å². The van der Waals surface area contributed by atoms with Crippen molar-refractivity contribution in [2.24, 2.45) is 0 Å². The molecule has 2 aromatic rings. The van der Waals surface area contributed by atoms with Crippen molar-refractivity contribution in [1.29, 1.82) is 0 Å². The van der Waals surface area contributed by atoms with Crippen LogP contribution in [0.2, 0.25) is 5.02 Å². The van der Waals surface area contributed by atoms with Gasteiger partial charge < -0.3 is 4.74 Å². The van der Waals surface area contributed by atoms with Gasteiger partial charge in [-0.1, -0.05) is 23.4 Å². The molecule has 0 amide bonds. The summed E-state index contributed by atoms with van der Waals surface area (Å²) in [6, 6.07) is 5.59. The topological polar surface area (TPSA) is 50.8 Å². The SMILES string of the molecule is CSCCSc1n[nH]c(COc2ccc(Cl)c(C)c2)n1. The van der Waals surface area contributed by atoms with E-state index in [1.165, 1.54) is 0 Å². The Hall–Kier alpha value is -0.850. The third kappa shape index (κ3) is 4.61. The number of halogens is 1. The Morgan fingerprint density at radius 2 is 2.20 bits per heavy atom. The summed E-state index contributed by atoms with van der Waals surface area (Å²) < 4.78 is 5.66. The molecule has 1 N–H and O–H groups in total. The van der Waals surface area contributed by atoms with E-state index in [1.54, 1.807) is 11.8 Å². The summed E-state index contributed by atoms with van der Waals surface area (Å²) in [6.07, 6.45) is 2.09. The summed E-state index contributed by atoms with van der Waals surface area (Å²) >= 11 is 9.43. The highest BCUT2D eigenvalue weighted by atomic mass is 35.5. The van der Waals surface area contributed by atoms with Crippen LogP contribution in [0.4, 0.5) is 0 Å². The van der Waals surface area contributed by atoms with Crippen LogP contribution in [0.25, 0.3) is 0 Å². The van der Waals surface area contributed by atoms with E-state index >= 15 is 0 Å². The van der Waals surface area contributed by atoms with Gasteiger partial charge >= 0.3 is 0 Å². The van der Waals surface area contributed by atoms with Gasteiger partial charge in [-0.2, -0.15) is 11.8 Å². The van der Waals surface area contributed by atoms with Gasteiger partial charge in [0.05, 0.1) is 0 Å². The van der Waals surface area contributed by atoms with Crippen molar-refractivity contribution in [2.45, 2.75) is 18.7 Å². The normalized spacial score (nSPS) is 10.8. The molecule has 0 aliphatic heterocycles. The number of nitrogens with one attached hydrogen (secondary N) is 1. The molecule has 0 aliphatic carbocycles. The second kappa shape index (κ2) is 7.81. The molecule has 0 spiro atoms. The molecule has 0 bridgehead atoms. The average Bonchev–Trinajstić information content (AvgIpc) is 2.88. The molecule has 0 aliphatic rings. The monoisotopic (exact) mass is 329 g/mol. The van der Waals surface area contributed by atoms with Gasteiger partial charge in [-0.25, -0.2) is 4.98 Å². The predicted molar refractivity (Wildman–Crippen MR) is 86.0 cm³/mol. The molecule has 4 nitrogen and oxygen atoms in total. The van der Waals surface area contributed by atoms with Gasteiger partial charge in [-0.3, -0.25) is 5.10 Å². The summed E-state index contributed by atoms with van der Waals surface area (Å²) in [4.78, 5) is 4.37. The lowest BCUT2D eigenvalue weighted by molar-refractivity contribution is 0.296. The van der Waals surface area contributed by atoms with Gasteiger partial charge in [0.1, 0.15) is 12.4 Å². The number of rotatable bonds is 7. The number of ether oxygens (including phenoxy) is 1. The highest BCUT2D eigenvalue weighted by Crippen LogP contribution is 2.21. The fourth-order valence-electron chi connectivity index (χ4n) is 1.48. The van der Waals surface area contributed by atoms with E-state index in [0.29, 0.717) is 6.61 Å². The van der Waals surface area contributed by atoms with Crippen LogP contribution in [0.1, 0.15) is 11.4 Å². The molecule has 1 aromatic carbocycles. The zero-order chi connectivity index (χ0) is 14.4. The standard InChI is InChI=1S/C13H16ClN3OS2/c1-9-7-10(3-4-11(9)14)18-8-12-15-13(17-16-12)20-6-5-19-2/h3-4,7H,5-6,8H2,1-2H3,(H,15,16,17). The number of aryl methyl sites for hydroxylation is 1. The molecule has 20 heavy (non-hydrogen) atoms. The summed E-state index contributed by atoms with van der Waals surface area (Å²) in [5, 5.41) is 8.55. The number of benzene rings is 1. The van der Waals surface area contributed by atoms with Gasteiger partial charge in [-0.05, 0) is 36.9 Å². The van der Waals surface area contributed by atoms with Crippen LogP contribution in [-0.4, -0.2) is 32.9 Å². The zero-order valence-electron chi connectivity index (χ0n) is 11.4. The van der Waals surface area contributed by atoms with Crippen LogP contribution in [0.15, 0.2) is 23.4 Å². The molecule has 2 rings (SSSR count). The number of thioether (sulfide) groups is 2. The lowest BCUT2D eigenvalue weighted by Gasteiger charge is -2.05. The van der Waals surface area contributed by atoms with Gasteiger partial charge in [0, 0.05) is 16.5 Å². The largest absolute Gasteiger partial charge is 0.486 e. The Morgan fingerprint density at radius 3 is 2.95 bits per heavy atom. The highest BCUT2D eigenvalue weighted by molar-refractivity contribution is 8.02. The van der Waals surface area contributed by atoms with Crippen LogP contribution >= 0.6 is 35.1 Å². The van der Waals surface area contributed by atoms with Crippen molar-refractivity contribution in [3.05, 3.63) is 34.6 Å². The minimum atomic E-state index is 0.372. The summed E-state index contributed by atoms with van der Waals surface area (Å²) in [7, 11) is 0. The number of H-pyrrole nitrogens is 1. The first-order chi connectivity index (χ1) is 9.69. The second-order valence-electron chi connectivity index (χ2n) is 4.11. The third-order valence-corrected chi connectivity index (χ3v) is 4.68. The fourth-order valence-corrected chi connectivity index (χ4v) is 3.07. The van der Waals surface area contributed by atoms with E-state index in [-0.39, 0.29) is 0 Å². The summed E-state index contributed by atoms with van der Waals surface area (Å²) in [5.41, 5.74) is 0.995. The van der Waals surface area contributed by atoms with Crippen LogP contribution < -0.4 is 4.74 Å². The molecule has 1 heterocycles. The van der Waals surface area contributed by atoms with Crippen LogP contribution in [-0.2, 0) is 6.61 Å². The van der Waals surface area contributed by atoms with Gasteiger partial charge in [0.25, 0.3) is 0 Å². The van der Waals surface area contributed by atoms with E-state index in [9.17, 15) is 0 Å². The minimum Gasteiger partial charge on any atom is -0.486 e. The van der Waals surface area contributed by atoms with E-state index < -0.39 is 0 Å². The molecule has 0 fully saturated rings. The van der Waals surface area contributed by atoms with E-state index in [4.69, 9.17) is 16.3 Å². The average molecular weight is 330 g/mol. The van der Waals surface area contributed by atoms with Gasteiger partial charge in [-0.15, -0.1) is 5.10 Å². The smallest absolute Gasteiger partial charge is 0.208 e. The Labute approximate surface area is 132 Å². The molecule has 0 radical (unpaired) electrons. The Balaban J connectivity index is 1.85. The lowest BCUT2D eigenvalue weighted by Crippen LogP contribution is -1.98. The van der Waals surface area contributed by atoms with Crippen molar-refractivity contribution in [3.63, 3.8) is 0 Å². The van der Waals surface area contributed by atoms with Crippen molar-refractivity contribution in [3.8, 4) is 5.75 Å². The molecular formula is C13H16ClN3OS2. The summed E-state index contributed by atoms with van der Waals surface area (Å²) in [5.74, 6) is 3.61.